The van der Waals surface area contributed by atoms with E-state index in [1.54, 1.807) is 31.3 Å². The predicted molar refractivity (Wildman–Crippen MR) is 75.3 cm³/mol. The molecule has 0 spiro atoms. The Bertz CT molecular complexity index is 720. The number of aromatic nitrogens is 1. The molecule has 1 heterocycles. The maximum Gasteiger partial charge on any atom is 0.241 e. The Morgan fingerprint density at radius 1 is 1.33 bits per heavy atom. The lowest BCUT2D eigenvalue weighted by atomic mass is 10.2. The molecule has 0 amide bonds. The summed E-state index contributed by atoms with van der Waals surface area (Å²) in [6, 6.07) is 7.96. The standard InChI is InChI=1S/C14H15FN2O3S/c1-10(14-4-2-3-7-16-14)17-21(19,20)12-5-6-13(15)11(8-12)9-18/h2-8,10,17-18H,9H2,1H3. The lowest BCUT2D eigenvalue weighted by molar-refractivity contribution is 0.275. The number of aliphatic hydroxyl groups excluding tert-OH is 1. The van der Waals surface area contributed by atoms with E-state index >= 15 is 0 Å². The van der Waals surface area contributed by atoms with Gasteiger partial charge in [0.05, 0.1) is 23.2 Å². The van der Waals surface area contributed by atoms with E-state index in [0.717, 1.165) is 18.2 Å². The number of nitrogens with one attached hydrogen (secondary N) is 1. The van der Waals surface area contributed by atoms with Crippen LogP contribution in [-0.2, 0) is 16.6 Å². The SMILES string of the molecule is CC(NS(=O)(=O)c1ccc(F)c(CO)c1)c1ccccn1. The highest BCUT2D eigenvalue weighted by Crippen LogP contribution is 2.18. The predicted octanol–water partition coefficient (Wildman–Crippen LogP) is 1.75. The van der Waals surface area contributed by atoms with Gasteiger partial charge in [-0.3, -0.25) is 4.98 Å². The van der Waals surface area contributed by atoms with Gasteiger partial charge in [-0.1, -0.05) is 6.07 Å². The molecule has 5 nitrogen and oxygen atoms in total. The number of benzene rings is 1. The minimum absolute atomic E-state index is 0.0663. The number of aliphatic hydroxyl groups is 1. The summed E-state index contributed by atoms with van der Waals surface area (Å²) < 4.78 is 40.3. The molecule has 112 valence electrons. The van der Waals surface area contributed by atoms with E-state index in [9.17, 15) is 12.8 Å². The van der Waals surface area contributed by atoms with Crippen molar-refractivity contribution in [2.75, 3.05) is 0 Å². The zero-order chi connectivity index (χ0) is 15.5. The minimum atomic E-state index is -3.82. The number of hydrogen-bond acceptors (Lipinski definition) is 4. The Hall–Kier alpha value is -1.83. The largest absolute Gasteiger partial charge is 0.392 e. The van der Waals surface area contributed by atoms with E-state index in [0.29, 0.717) is 5.69 Å². The molecule has 0 saturated carbocycles. The van der Waals surface area contributed by atoms with Crippen molar-refractivity contribution in [3.8, 4) is 0 Å². The second kappa shape index (κ2) is 6.30. The topological polar surface area (TPSA) is 79.3 Å². The molecule has 7 heteroatoms. The Balaban J connectivity index is 2.26. The van der Waals surface area contributed by atoms with Crippen LogP contribution < -0.4 is 4.72 Å². The van der Waals surface area contributed by atoms with Crippen LogP contribution >= 0.6 is 0 Å². The average molecular weight is 310 g/mol. The van der Waals surface area contributed by atoms with Gasteiger partial charge in [0.2, 0.25) is 10.0 Å². The number of pyridine rings is 1. The Morgan fingerprint density at radius 3 is 2.71 bits per heavy atom. The first kappa shape index (κ1) is 15.6. The van der Waals surface area contributed by atoms with Gasteiger partial charge in [-0.15, -0.1) is 0 Å². The monoisotopic (exact) mass is 310 g/mol. The lowest BCUT2D eigenvalue weighted by Crippen LogP contribution is -2.27. The highest BCUT2D eigenvalue weighted by atomic mass is 32.2. The minimum Gasteiger partial charge on any atom is -0.392 e. The number of sulfonamides is 1. The number of rotatable bonds is 5. The molecule has 2 N–H and O–H groups in total. The van der Waals surface area contributed by atoms with Crippen LogP contribution in [0.15, 0.2) is 47.5 Å². The third kappa shape index (κ3) is 3.63. The third-order valence-corrected chi connectivity index (χ3v) is 4.50. The first-order chi connectivity index (χ1) is 9.94. The summed E-state index contributed by atoms with van der Waals surface area (Å²) in [6.45, 7) is 1.10. The highest BCUT2D eigenvalue weighted by molar-refractivity contribution is 7.89. The highest BCUT2D eigenvalue weighted by Gasteiger charge is 2.20. The van der Waals surface area contributed by atoms with Crippen LogP contribution in [0.4, 0.5) is 4.39 Å². The molecule has 0 fully saturated rings. The fourth-order valence-corrected chi connectivity index (χ4v) is 3.10. The molecule has 21 heavy (non-hydrogen) atoms. The Labute approximate surface area is 122 Å². The second-order valence-corrected chi connectivity index (χ2v) is 6.22. The van der Waals surface area contributed by atoms with E-state index < -0.39 is 28.5 Å². The maximum atomic E-state index is 13.3. The number of halogens is 1. The normalized spacial score (nSPS) is 13.1. The van der Waals surface area contributed by atoms with Gasteiger partial charge in [0.15, 0.2) is 0 Å². The average Bonchev–Trinajstić information content (AvgIpc) is 2.48. The van der Waals surface area contributed by atoms with E-state index in [2.05, 4.69) is 9.71 Å². The first-order valence-electron chi connectivity index (χ1n) is 6.26. The van der Waals surface area contributed by atoms with Crippen molar-refractivity contribution in [3.05, 3.63) is 59.7 Å². The molecule has 1 aromatic carbocycles. The van der Waals surface area contributed by atoms with Crippen LogP contribution in [0.3, 0.4) is 0 Å². The molecular formula is C14H15FN2O3S. The van der Waals surface area contributed by atoms with Crippen LogP contribution in [-0.4, -0.2) is 18.5 Å². The van der Waals surface area contributed by atoms with Gasteiger partial charge in [0.1, 0.15) is 5.82 Å². The quantitative estimate of drug-likeness (QED) is 0.882. The van der Waals surface area contributed by atoms with Crippen molar-refractivity contribution >= 4 is 10.0 Å². The van der Waals surface area contributed by atoms with Crippen molar-refractivity contribution in [3.63, 3.8) is 0 Å². The number of nitrogens with zero attached hydrogens (tertiary/aromatic N) is 1. The van der Waals surface area contributed by atoms with Crippen LogP contribution in [0, 0.1) is 5.82 Å². The second-order valence-electron chi connectivity index (χ2n) is 4.51. The molecule has 1 unspecified atom stereocenters. The zero-order valence-corrected chi connectivity index (χ0v) is 12.1. The summed E-state index contributed by atoms with van der Waals surface area (Å²) in [7, 11) is -3.82. The van der Waals surface area contributed by atoms with Gasteiger partial charge in [0, 0.05) is 11.8 Å². The summed E-state index contributed by atoms with van der Waals surface area (Å²) in [5.74, 6) is -0.644. The smallest absolute Gasteiger partial charge is 0.241 e. The maximum absolute atomic E-state index is 13.3. The van der Waals surface area contributed by atoms with Crippen molar-refractivity contribution in [1.29, 1.82) is 0 Å². The molecule has 0 radical (unpaired) electrons. The summed E-state index contributed by atoms with van der Waals surface area (Å²) >= 11 is 0. The molecule has 1 atom stereocenters. The lowest BCUT2D eigenvalue weighted by Gasteiger charge is -2.14. The van der Waals surface area contributed by atoms with Crippen molar-refractivity contribution in [2.24, 2.45) is 0 Å². The molecule has 2 rings (SSSR count). The molecular weight excluding hydrogens is 295 g/mol. The third-order valence-electron chi connectivity index (χ3n) is 2.96. The van der Waals surface area contributed by atoms with E-state index in [1.165, 1.54) is 0 Å². The van der Waals surface area contributed by atoms with Gasteiger partial charge >= 0.3 is 0 Å². The number of hydrogen-bond donors (Lipinski definition) is 2. The first-order valence-corrected chi connectivity index (χ1v) is 7.75. The van der Waals surface area contributed by atoms with Gasteiger partial charge in [-0.05, 0) is 37.3 Å². The van der Waals surface area contributed by atoms with E-state index in [4.69, 9.17) is 5.11 Å². The fraction of sp³-hybridized carbons (Fsp3) is 0.214. The van der Waals surface area contributed by atoms with Crippen LogP contribution in [0.2, 0.25) is 0 Å². The summed E-state index contributed by atoms with van der Waals surface area (Å²) in [5, 5.41) is 9.00. The van der Waals surface area contributed by atoms with Crippen LogP contribution in [0.5, 0.6) is 0 Å². The van der Waals surface area contributed by atoms with E-state index in [-0.39, 0.29) is 10.5 Å². The van der Waals surface area contributed by atoms with Crippen molar-refractivity contribution in [2.45, 2.75) is 24.5 Å². The Kier molecular flexibility index (Phi) is 4.66. The molecule has 0 aliphatic carbocycles. The molecule has 0 bridgehead atoms. The summed E-state index contributed by atoms with van der Waals surface area (Å²) in [6.07, 6.45) is 1.57. The molecule has 1 aromatic heterocycles. The van der Waals surface area contributed by atoms with Crippen molar-refractivity contribution in [1.82, 2.24) is 9.71 Å². The molecule has 0 aliphatic rings. The van der Waals surface area contributed by atoms with Gasteiger partial charge in [-0.25, -0.2) is 17.5 Å². The summed E-state index contributed by atoms with van der Waals surface area (Å²) in [5.41, 5.74) is 0.508. The van der Waals surface area contributed by atoms with Gasteiger partial charge in [0.25, 0.3) is 0 Å². The molecule has 0 aliphatic heterocycles. The zero-order valence-electron chi connectivity index (χ0n) is 11.3. The molecule has 0 saturated heterocycles. The van der Waals surface area contributed by atoms with Crippen LogP contribution in [0.1, 0.15) is 24.2 Å². The van der Waals surface area contributed by atoms with Gasteiger partial charge in [-0.2, -0.15) is 0 Å². The van der Waals surface area contributed by atoms with Gasteiger partial charge < -0.3 is 5.11 Å². The van der Waals surface area contributed by atoms with Crippen molar-refractivity contribution < 1.29 is 17.9 Å². The summed E-state index contributed by atoms with van der Waals surface area (Å²) in [4.78, 5) is 3.98. The van der Waals surface area contributed by atoms with Crippen LogP contribution in [0.25, 0.3) is 0 Å². The van der Waals surface area contributed by atoms with E-state index in [1.807, 2.05) is 0 Å². The fourth-order valence-electron chi connectivity index (χ4n) is 1.83. The molecule has 2 aromatic rings. The Morgan fingerprint density at radius 2 is 2.10 bits per heavy atom.